The van der Waals surface area contributed by atoms with Gasteiger partial charge in [-0.25, -0.2) is 9.78 Å². The van der Waals surface area contributed by atoms with Crippen molar-refractivity contribution < 1.29 is 14.3 Å². The Bertz CT molecular complexity index is 1370. The lowest BCUT2D eigenvalue weighted by Crippen LogP contribution is -2.51. The maximum atomic E-state index is 13.6. The van der Waals surface area contributed by atoms with Crippen LogP contribution in [0.3, 0.4) is 0 Å². The molecular formula is C32H31NO3. The second kappa shape index (κ2) is 8.40. The van der Waals surface area contributed by atoms with Crippen LogP contribution in [-0.4, -0.2) is 23.3 Å². The largest absolute Gasteiger partial charge is 0.454 e. The van der Waals surface area contributed by atoms with Crippen molar-refractivity contribution in [2.75, 3.05) is 6.61 Å². The molecule has 4 nitrogen and oxygen atoms in total. The highest BCUT2D eigenvalue weighted by Crippen LogP contribution is 2.60. The van der Waals surface area contributed by atoms with Gasteiger partial charge in [-0.2, -0.15) is 0 Å². The number of rotatable bonds is 5. The summed E-state index contributed by atoms with van der Waals surface area (Å²) in [6.07, 6.45) is 10.6. The molecule has 0 amide bonds. The molecule has 5 aliphatic rings. The number of hydrogen-bond acceptors (Lipinski definition) is 4. The molecule has 0 N–H and O–H groups in total. The van der Waals surface area contributed by atoms with E-state index in [1.54, 1.807) is 0 Å². The van der Waals surface area contributed by atoms with Crippen molar-refractivity contribution in [3.05, 3.63) is 77.0 Å². The molecule has 4 heteroatoms. The first-order valence-electron chi connectivity index (χ1n) is 13.5. The fraction of sp³-hybridized carbons (Fsp3) is 0.406. The first-order chi connectivity index (χ1) is 17.6. The van der Waals surface area contributed by atoms with E-state index in [2.05, 4.69) is 18.2 Å². The highest BCUT2D eigenvalue weighted by molar-refractivity contribution is 6.07. The summed E-state index contributed by atoms with van der Waals surface area (Å²) >= 11 is 0. The van der Waals surface area contributed by atoms with Crippen LogP contribution in [-0.2, 0) is 16.0 Å². The molecule has 5 aliphatic carbocycles. The number of carbonyl (C=O) groups excluding carboxylic acids is 2. The van der Waals surface area contributed by atoms with Crippen molar-refractivity contribution in [2.45, 2.75) is 51.4 Å². The number of Topliss-reactive ketones (excluding diaryl/α,β-unsaturated/α-hetero) is 1. The van der Waals surface area contributed by atoms with E-state index in [1.165, 1.54) is 19.3 Å². The van der Waals surface area contributed by atoms with Crippen LogP contribution >= 0.6 is 0 Å². The monoisotopic (exact) mass is 477 g/mol. The van der Waals surface area contributed by atoms with Crippen LogP contribution in [0.2, 0.25) is 0 Å². The van der Waals surface area contributed by atoms with Crippen molar-refractivity contribution in [1.82, 2.24) is 4.98 Å². The van der Waals surface area contributed by atoms with E-state index >= 15 is 0 Å². The third-order valence-corrected chi connectivity index (χ3v) is 9.25. The molecule has 2 aromatic carbocycles. The predicted molar refractivity (Wildman–Crippen MR) is 140 cm³/mol. The molecule has 4 saturated carbocycles. The molecular weight excluding hydrogens is 446 g/mol. The summed E-state index contributed by atoms with van der Waals surface area (Å²) < 4.78 is 5.83. The summed E-state index contributed by atoms with van der Waals surface area (Å²) in [6, 6.07) is 18.0. The fourth-order valence-electron chi connectivity index (χ4n) is 8.07. The van der Waals surface area contributed by atoms with Crippen molar-refractivity contribution in [1.29, 1.82) is 0 Å². The maximum Gasteiger partial charge on any atom is 0.339 e. The average molecular weight is 478 g/mol. The van der Waals surface area contributed by atoms with E-state index in [4.69, 9.17) is 9.72 Å². The molecule has 182 valence electrons. The predicted octanol–water partition coefficient (Wildman–Crippen LogP) is 6.66. The van der Waals surface area contributed by atoms with E-state index in [0.717, 1.165) is 65.4 Å². The third-order valence-electron chi connectivity index (χ3n) is 9.25. The summed E-state index contributed by atoms with van der Waals surface area (Å²) in [4.78, 5) is 32.0. The molecule has 4 fully saturated rings. The quantitative estimate of drug-likeness (QED) is 0.385. The van der Waals surface area contributed by atoms with Gasteiger partial charge in [-0.3, -0.25) is 4.79 Å². The van der Waals surface area contributed by atoms with Gasteiger partial charge in [-0.15, -0.1) is 0 Å². The van der Waals surface area contributed by atoms with Gasteiger partial charge in [0.05, 0.1) is 16.8 Å². The molecule has 0 unspecified atom stereocenters. The molecule has 8 rings (SSSR count). The number of carbonyl (C=O) groups is 2. The summed E-state index contributed by atoms with van der Waals surface area (Å²) in [6.45, 7) is -0.108. The molecule has 4 bridgehead atoms. The number of para-hydroxylation sites is 1. The minimum Gasteiger partial charge on any atom is -0.454 e. The van der Waals surface area contributed by atoms with Crippen LogP contribution < -0.4 is 0 Å². The summed E-state index contributed by atoms with van der Waals surface area (Å²) in [7, 11) is 0. The Balaban J connectivity index is 1.19. The second-order valence-electron chi connectivity index (χ2n) is 11.6. The van der Waals surface area contributed by atoms with Crippen LogP contribution in [0, 0.1) is 23.2 Å². The van der Waals surface area contributed by atoms with Crippen LogP contribution in [0.15, 0.2) is 54.6 Å². The molecule has 36 heavy (non-hydrogen) atoms. The fourth-order valence-corrected chi connectivity index (χ4v) is 8.07. The number of allylic oxidation sites excluding steroid dienone is 1. The van der Waals surface area contributed by atoms with Crippen molar-refractivity contribution >= 4 is 34.3 Å². The third kappa shape index (κ3) is 3.61. The van der Waals surface area contributed by atoms with E-state index in [9.17, 15) is 9.59 Å². The van der Waals surface area contributed by atoms with Gasteiger partial charge in [0.25, 0.3) is 0 Å². The van der Waals surface area contributed by atoms with E-state index in [0.29, 0.717) is 23.3 Å². The molecule has 0 aliphatic heterocycles. The van der Waals surface area contributed by atoms with Crippen LogP contribution in [0.25, 0.3) is 22.6 Å². The summed E-state index contributed by atoms with van der Waals surface area (Å²) in [5.74, 6) is 1.84. The van der Waals surface area contributed by atoms with E-state index in [-0.39, 0.29) is 23.8 Å². The Hall–Kier alpha value is -3.27. The Morgan fingerprint density at radius 2 is 1.56 bits per heavy atom. The van der Waals surface area contributed by atoms with Gasteiger partial charge in [0, 0.05) is 10.8 Å². The topological polar surface area (TPSA) is 56.3 Å². The number of aromatic nitrogens is 1. The van der Waals surface area contributed by atoms with Crippen molar-refractivity contribution in [3.63, 3.8) is 0 Å². The number of hydrogen-bond donors (Lipinski definition) is 0. The molecule has 0 radical (unpaired) electrons. The molecule has 1 heterocycles. The Morgan fingerprint density at radius 3 is 2.28 bits per heavy atom. The molecule has 0 atom stereocenters. The Kier molecular flexibility index (Phi) is 5.13. The molecule has 0 spiro atoms. The van der Waals surface area contributed by atoms with E-state index in [1.807, 2.05) is 42.5 Å². The molecule has 0 saturated heterocycles. The normalized spacial score (nSPS) is 29.0. The zero-order valence-corrected chi connectivity index (χ0v) is 20.5. The molecule has 3 aromatic rings. The number of benzene rings is 2. The minimum absolute atomic E-state index is 0.108. The minimum atomic E-state index is -0.385. The number of nitrogens with zero attached hydrogens (tertiary/aromatic N) is 1. The summed E-state index contributed by atoms with van der Waals surface area (Å²) in [5, 5.41) is 0.810. The van der Waals surface area contributed by atoms with Gasteiger partial charge in [-0.1, -0.05) is 48.5 Å². The first-order valence-corrected chi connectivity index (χ1v) is 13.5. The Labute approximate surface area is 211 Å². The lowest BCUT2D eigenvalue weighted by Gasteiger charge is -2.55. The number of ether oxygens (including phenoxy) is 1. The highest BCUT2D eigenvalue weighted by Gasteiger charge is 2.54. The van der Waals surface area contributed by atoms with Gasteiger partial charge in [0.2, 0.25) is 0 Å². The number of ketones is 1. The van der Waals surface area contributed by atoms with Crippen molar-refractivity contribution in [3.8, 4) is 0 Å². The number of pyridine rings is 1. The van der Waals surface area contributed by atoms with Gasteiger partial charge < -0.3 is 4.74 Å². The smallest absolute Gasteiger partial charge is 0.339 e. The van der Waals surface area contributed by atoms with E-state index < -0.39 is 0 Å². The number of fused-ring (bicyclic) bond motifs is 2. The number of esters is 1. The second-order valence-corrected chi connectivity index (χ2v) is 11.6. The van der Waals surface area contributed by atoms with Gasteiger partial charge in [-0.05, 0) is 98.0 Å². The van der Waals surface area contributed by atoms with Crippen molar-refractivity contribution in [2.24, 2.45) is 23.2 Å². The molecule has 1 aromatic heterocycles. The Morgan fingerprint density at radius 1 is 0.889 bits per heavy atom. The average Bonchev–Trinajstić information content (AvgIpc) is 3.27. The van der Waals surface area contributed by atoms with Crippen LogP contribution in [0.4, 0.5) is 0 Å². The summed E-state index contributed by atoms with van der Waals surface area (Å²) in [5.41, 5.74) is 5.23. The highest BCUT2D eigenvalue weighted by atomic mass is 16.5. The standard InChI is InChI=1S/C32H31NO3/c34-28(32-16-21-12-22(17-32)14-23(13-21)18-32)19-36-31(35)29-25-8-4-5-9-27(25)33-30-24(10-11-26(29)30)15-20-6-2-1-3-7-20/h1-9,15,21-23H,10-14,16-19H2. The van der Waals surface area contributed by atoms with Crippen LogP contribution in [0.5, 0.6) is 0 Å². The zero-order valence-electron chi connectivity index (χ0n) is 20.5. The SMILES string of the molecule is O=C(OCC(=O)C12CC3CC(CC(C3)C1)C2)c1c2c(nc3ccccc13)C(=Cc1ccccc1)CC2. The first kappa shape index (κ1) is 22.0. The van der Waals surface area contributed by atoms with Gasteiger partial charge in [0.15, 0.2) is 12.4 Å². The lowest BCUT2D eigenvalue weighted by molar-refractivity contribution is -0.147. The maximum absolute atomic E-state index is 13.6. The van der Waals surface area contributed by atoms with Gasteiger partial charge >= 0.3 is 5.97 Å². The van der Waals surface area contributed by atoms with Gasteiger partial charge in [0.1, 0.15) is 0 Å². The zero-order chi connectivity index (χ0) is 24.3. The van der Waals surface area contributed by atoms with Crippen LogP contribution in [0.1, 0.15) is 72.1 Å². The lowest BCUT2D eigenvalue weighted by atomic mass is 9.48.